The molecular weight excluding hydrogens is 314 g/mol. The molecule has 1 aromatic heterocycles. The first-order valence-corrected chi connectivity index (χ1v) is 8.54. The van der Waals surface area contributed by atoms with E-state index < -0.39 is 15.7 Å². The molecule has 124 valence electrons. The molecule has 0 aromatic carbocycles. The Morgan fingerprint density at radius 3 is 2.73 bits per heavy atom. The molecule has 11 heteroatoms. The van der Waals surface area contributed by atoms with Crippen LogP contribution in [0.3, 0.4) is 0 Å². The molecule has 1 amide bonds. The van der Waals surface area contributed by atoms with Crippen LogP contribution in [-0.2, 0) is 26.0 Å². The van der Waals surface area contributed by atoms with E-state index in [9.17, 15) is 18.0 Å². The number of carbonyl (C=O) groups is 1. The zero-order valence-electron chi connectivity index (χ0n) is 12.0. The Bertz CT molecular complexity index is 646. The van der Waals surface area contributed by atoms with Gasteiger partial charge in [0.1, 0.15) is 5.82 Å². The number of aromatic nitrogens is 3. The van der Waals surface area contributed by atoms with E-state index >= 15 is 0 Å². The standard InChI is InChI=1S/C11H19N5O5S/c17-10(2-1-9-13-11(18)15-14-9)12-3-8-22(19,20)16-4-6-21-7-5-16/h1-8H2,(H,12,17)(H2,13,14,15,18). The Hall–Kier alpha value is -1.72. The minimum atomic E-state index is -3.37. The van der Waals surface area contributed by atoms with Crippen molar-refractivity contribution in [3.63, 3.8) is 0 Å². The fourth-order valence-electron chi connectivity index (χ4n) is 2.02. The number of aromatic amines is 2. The zero-order valence-corrected chi connectivity index (χ0v) is 12.8. The second kappa shape index (κ2) is 7.51. The molecule has 1 aliphatic heterocycles. The molecule has 0 atom stereocenters. The Kier molecular flexibility index (Phi) is 5.69. The maximum Gasteiger partial charge on any atom is 0.340 e. The monoisotopic (exact) mass is 333 g/mol. The number of nitrogens with zero attached hydrogens (tertiary/aromatic N) is 2. The molecule has 0 bridgehead atoms. The average Bonchev–Trinajstić information content (AvgIpc) is 2.91. The van der Waals surface area contributed by atoms with Crippen LogP contribution in [0.25, 0.3) is 0 Å². The Morgan fingerprint density at radius 2 is 2.09 bits per heavy atom. The number of rotatable bonds is 7. The Balaban J connectivity index is 1.68. The first-order chi connectivity index (χ1) is 10.5. The van der Waals surface area contributed by atoms with Gasteiger partial charge in [-0.3, -0.25) is 9.78 Å². The number of carbonyl (C=O) groups excluding carboxylic acids is 1. The van der Waals surface area contributed by atoms with Crippen molar-refractivity contribution >= 4 is 15.9 Å². The van der Waals surface area contributed by atoms with Crippen molar-refractivity contribution in [1.29, 1.82) is 0 Å². The van der Waals surface area contributed by atoms with Gasteiger partial charge in [-0.05, 0) is 0 Å². The molecular formula is C11H19N5O5S. The molecule has 0 aliphatic carbocycles. The van der Waals surface area contributed by atoms with Crippen LogP contribution < -0.4 is 11.0 Å². The van der Waals surface area contributed by atoms with Crippen molar-refractivity contribution in [2.45, 2.75) is 12.8 Å². The second-order valence-corrected chi connectivity index (χ2v) is 6.89. The highest BCUT2D eigenvalue weighted by atomic mass is 32.2. The van der Waals surface area contributed by atoms with Gasteiger partial charge in [-0.2, -0.15) is 9.40 Å². The lowest BCUT2D eigenvalue weighted by Gasteiger charge is -2.26. The van der Waals surface area contributed by atoms with E-state index in [4.69, 9.17) is 4.74 Å². The van der Waals surface area contributed by atoms with Gasteiger partial charge in [0, 0.05) is 32.5 Å². The summed E-state index contributed by atoms with van der Waals surface area (Å²) in [6.07, 6.45) is 0.402. The highest BCUT2D eigenvalue weighted by molar-refractivity contribution is 7.89. The molecule has 10 nitrogen and oxygen atoms in total. The first-order valence-electron chi connectivity index (χ1n) is 6.93. The summed E-state index contributed by atoms with van der Waals surface area (Å²) in [5.41, 5.74) is -0.424. The summed E-state index contributed by atoms with van der Waals surface area (Å²) in [5, 5.41) is 8.43. The summed E-state index contributed by atoms with van der Waals surface area (Å²) in [7, 11) is -3.37. The van der Waals surface area contributed by atoms with Crippen LogP contribution in [0, 0.1) is 0 Å². The second-order valence-electron chi connectivity index (χ2n) is 4.80. The molecule has 22 heavy (non-hydrogen) atoms. The number of nitrogens with one attached hydrogen (secondary N) is 3. The van der Waals surface area contributed by atoms with E-state index in [1.54, 1.807) is 0 Å². The van der Waals surface area contributed by atoms with Gasteiger partial charge in [0.05, 0.1) is 19.0 Å². The number of morpholine rings is 1. The molecule has 2 rings (SSSR count). The van der Waals surface area contributed by atoms with Crippen molar-refractivity contribution in [3.05, 3.63) is 16.3 Å². The van der Waals surface area contributed by atoms with Gasteiger partial charge < -0.3 is 10.1 Å². The summed E-state index contributed by atoms with van der Waals surface area (Å²) < 4.78 is 30.5. The van der Waals surface area contributed by atoms with Crippen molar-refractivity contribution in [1.82, 2.24) is 24.8 Å². The van der Waals surface area contributed by atoms with Gasteiger partial charge in [0.15, 0.2) is 0 Å². The smallest absolute Gasteiger partial charge is 0.340 e. The maximum absolute atomic E-state index is 12.0. The highest BCUT2D eigenvalue weighted by Gasteiger charge is 2.23. The fourth-order valence-corrected chi connectivity index (χ4v) is 3.34. The van der Waals surface area contributed by atoms with E-state index in [0.717, 1.165) is 0 Å². The number of aryl methyl sites for hydroxylation is 1. The molecule has 0 saturated carbocycles. The fraction of sp³-hybridized carbons (Fsp3) is 0.727. The molecule has 0 spiro atoms. The molecule has 1 saturated heterocycles. The summed E-state index contributed by atoms with van der Waals surface area (Å²) >= 11 is 0. The average molecular weight is 333 g/mol. The number of sulfonamides is 1. The molecule has 2 heterocycles. The summed E-state index contributed by atoms with van der Waals surface area (Å²) in [6.45, 7) is 1.54. The van der Waals surface area contributed by atoms with E-state index in [1.165, 1.54) is 4.31 Å². The quantitative estimate of drug-likeness (QED) is 0.518. The zero-order chi connectivity index (χ0) is 16.0. The van der Waals surface area contributed by atoms with Crippen molar-refractivity contribution in [2.75, 3.05) is 38.6 Å². The van der Waals surface area contributed by atoms with Crippen LogP contribution in [0.2, 0.25) is 0 Å². The lowest BCUT2D eigenvalue weighted by molar-refractivity contribution is -0.120. The number of hydrogen-bond acceptors (Lipinski definition) is 6. The Morgan fingerprint density at radius 1 is 1.36 bits per heavy atom. The Labute approximate surface area is 127 Å². The van der Waals surface area contributed by atoms with Gasteiger partial charge in [-0.25, -0.2) is 18.3 Å². The van der Waals surface area contributed by atoms with Crippen molar-refractivity contribution < 1.29 is 17.9 Å². The van der Waals surface area contributed by atoms with Gasteiger partial charge in [0.25, 0.3) is 0 Å². The van der Waals surface area contributed by atoms with Gasteiger partial charge >= 0.3 is 5.69 Å². The van der Waals surface area contributed by atoms with Crippen molar-refractivity contribution in [3.8, 4) is 0 Å². The largest absolute Gasteiger partial charge is 0.379 e. The van der Waals surface area contributed by atoms with Crippen LogP contribution >= 0.6 is 0 Å². The van der Waals surface area contributed by atoms with E-state index in [2.05, 4.69) is 20.5 Å². The number of ether oxygens (including phenoxy) is 1. The normalized spacial score (nSPS) is 16.5. The molecule has 0 radical (unpaired) electrons. The first kappa shape index (κ1) is 16.6. The predicted octanol–water partition coefficient (Wildman–Crippen LogP) is -2.19. The third kappa shape index (κ3) is 4.93. The van der Waals surface area contributed by atoms with Gasteiger partial charge in [-0.15, -0.1) is 0 Å². The number of amides is 1. The van der Waals surface area contributed by atoms with Gasteiger partial charge in [0.2, 0.25) is 15.9 Å². The summed E-state index contributed by atoms with van der Waals surface area (Å²) in [5.74, 6) is -0.0417. The van der Waals surface area contributed by atoms with Crippen LogP contribution in [-0.4, -0.2) is 72.4 Å². The molecule has 3 N–H and O–H groups in total. The highest BCUT2D eigenvalue weighted by Crippen LogP contribution is 2.04. The van der Waals surface area contributed by atoms with Crippen LogP contribution in [0.5, 0.6) is 0 Å². The van der Waals surface area contributed by atoms with Crippen LogP contribution in [0.1, 0.15) is 12.2 Å². The topological polar surface area (TPSA) is 137 Å². The minimum Gasteiger partial charge on any atom is -0.379 e. The maximum atomic E-state index is 12.0. The lowest BCUT2D eigenvalue weighted by Crippen LogP contribution is -2.43. The number of hydrogen-bond donors (Lipinski definition) is 3. The lowest BCUT2D eigenvalue weighted by atomic mass is 10.3. The van der Waals surface area contributed by atoms with Crippen molar-refractivity contribution in [2.24, 2.45) is 0 Å². The van der Waals surface area contributed by atoms with E-state index in [-0.39, 0.29) is 31.0 Å². The predicted molar refractivity (Wildman–Crippen MR) is 76.7 cm³/mol. The van der Waals surface area contributed by atoms with Crippen LogP contribution in [0.15, 0.2) is 4.79 Å². The van der Waals surface area contributed by atoms with Crippen LogP contribution in [0.4, 0.5) is 0 Å². The van der Waals surface area contributed by atoms with E-state index in [0.29, 0.717) is 32.1 Å². The molecule has 1 aromatic rings. The van der Waals surface area contributed by atoms with E-state index in [1.807, 2.05) is 0 Å². The third-order valence-electron chi connectivity index (χ3n) is 3.18. The minimum absolute atomic E-state index is 0.0512. The molecule has 1 fully saturated rings. The number of H-pyrrole nitrogens is 2. The van der Waals surface area contributed by atoms with Gasteiger partial charge in [-0.1, -0.05) is 0 Å². The molecule has 0 unspecified atom stereocenters. The third-order valence-corrected chi connectivity index (χ3v) is 5.06. The molecule has 1 aliphatic rings. The SMILES string of the molecule is O=C(CCc1n[nH]c(=O)[nH]1)NCCS(=O)(=O)N1CCOCC1. The summed E-state index contributed by atoms with van der Waals surface area (Å²) in [4.78, 5) is 24.9. The summed E-state index contributed by atoms with van der Waals surface area (Å²) in [6, 6.07) is 0.